The van der Waals surface area contributed by atoms with Crippen molar-refractivity contribution in [1.82, 2.24) is 9.78 Å². The quantitative estimate of drug-likeness (QED) is 0.504. The summed E-state index contributed by atoms with van der Waals surface area (Å²) in [5.41, 5.74) is 5.37. The van der Waals surface area contributed by atoms with Crippen molar-refractivity contribution in [2.75, 3.05) is 0 Å². The molecule has 0 atom stereocenters. The van der Waals surface area contributed by atoms with E-state index in [1.54, 1.807) is 18.2 Å². The largest absolute Gasteiger partial charge is 0.458 e. The summed E-state index contributed by atoms with van der Waals surface area (Å²) in [6.45, 7) is 8.60. The average Bonchev–Trinajstić information content (AvgIpc) is 3.12. The number of benzene rings is 1. The SMILES string of the molecule is Cc1ccc(Cn2nc(C)c(/C=C/C(=O)c3ccc(C)o3)c2C)cc1. The van der Waals surface area contributed by atoms with Crippen LogP contribution < -0.4 is 0 Å². The number of carbonyl (C=O) groups excluding carboxylic acids is 1. The van der Waals surface area contributed by atoms with E-state index in [0.717, 1.165) is 22.7 Å². The number of aryl methyl sites for hydroxylation is 3. The lowest BCUT2D eigenvalue weighted by Crippen LogP contribution is -2.04. The number of rotatable bonds is 5. The third-order valence-electron chi connectivity index (χ3n) is 4.27. The first-order chi connectivity index (χ1) is 11.9. The fourth-order valence-electron chi connectivity index (χ4n) is 2.78. The number of hydrogen-bond acceptors (Lipinski definition) is 3. The van der Waals surface area contributed by atoms with E-state index in [-0.39, 0.29) is 5.78 Å². The van der Waals surface area contributed by atoms with Gasteiger partial charge >= 0.3 is 0 Å². The van der Waals surface area contributed by atoms with Gasteiger partial charge in [0.05, 0.1) is 12.2 Å². The molecule has 0 saturated heterocycles. The smallest absolute Gasteiger partial charge is 0.221 e. The summed E-state index contributed by atoms with van der Waals surface area (Å²) in [5.74, 6) is 0.948. The topological polar surface area (TPSA) is 48.0 Å². The van der Waals surface area contributed by atoms with E-state index < -0.39 is 0 Å². The minimum Gasteiger partial charge on any atom is -0.458 e. The first kappa shape index (κ1) is 17.0. The van der Waals surface area contributed by atoms with Gasteiger partial charge < -0.3 is 4.42 Å². The molecule has 0 aliphatic rings. The molecule has 3 aromatic rings. The van der Waals surface area contributed by atoms with E-state index in [9.17, 15) is 4.79 Å². The third-order valence-corrected chi connectivity index (χ3v) is 4.27. The maximum atomic E-state index is 12.2. The van der Waals surface area contributed by atoms with Gasteiger partial charge in [-0.3, -0.25) is 9.48 Å². The first-order valence-corrected chi connectivity index (χ1v) is 8.32. The number of carbonyl (C=O) groups is 1. The molecule has 128 valence electrons. The molecule has 0 amide bonds. The van der Waals surface area contributed by atoms with E-state index in [1.165, 1.54) is 11.1 Å². The minimum absolute atomic E-state index is 0.141. The molecule has 0 unspecified atom stereocenters. The normalized spacial score (nSPS) is 11.4. The average molecular weight is 334 g/mol. The Bertz CT molecular complexity index is 927. The summed E-state index contributed by atoms with van der Waals surface area (Å²) in [7, 11) is 0. The lowest BCUT2D eigenvalue weighted by molar-refractivity contribution is 0.102. The Hall–Kier alpha value is -2.88. The maximum absolute atomic E-state index is 12.2. The van der Waals surface area contributed by atoms with Crippen LogP contribution in [0.2, 0.25) is 0 Å². The van der Waals surface area contributed by atoms with E-state index in [4.69, 9.17) is 4.42 Å². The van der Waals surface area contributed by atoms with E-state index >= 15 is 0 Å². The second kappa shape index (κ2) is 6.93. The molecule has 2 aromatic heterocycles. The molecule has 0 spiro atoms. The van der Waals surface area contributed by atoms with Gasteiger partial charge in [-0.25, -0.2) is 0 Å². The van der Waals surface area contributed by atoms with Crippen molar-refractivity contribution >= 4 is 11.9 Å². The lowest BCUT2D eigenvalue weighted by Gasteiger charge is -2.05. The fourth-order valence-corrected chi connectivity index (χ4v) is 2.78. The van der Waals surface area contributed by atoms with E-state index in [2.05, 4.69) is 36.3 Å². The van der Waals surface area contributed by atoms with Crippen molar-refractivity contribution in [3.63, 3.8) is 0 Å². The second-order valence-corrected chi connectivity index (χ2v) is 6.34. The van der Waals surface area contributed by atoms with E-state index in [1.807, 2.05) is 31.5 Å². The Balaban J connectivity index is 1.80. The molecule has 25 heavy (non-hydrogen) atoms. The minimum atomic E-state index is -0.141. The van der Waals surface area contributed by atoms with Crippen LogP contribution in [0.25, 0.3) is 6.08 Å². The second-order valence-electron chi connectivity index (χ2n) is 6.34. The van der Waals surface area contributed by atoms with E-state index in [0.29, 0.717) is 12.3 Å². The van der Waals surface area contributed by atoms with Crippen molar-refractivity contribution in [2.24, 2.45) is 0 Å². The Morgan fingerprint density at radius 1 is 1.08 bits per heavy atom. The molecule has 0 radical (unpaired) electrons. The number of allylic oxidation sites excluding steroid dienone is 1. The summed E-state index contributed by atoms with van der Waals surface area (Å²) in [6, 6.07) is 11.9. The van der Waals surface area contributed by atoms with Crippen LogP contribution in [0.3, 0.4) is 0 Å². The van der Waals surface area contributed by atoms with Gasteiger partial charge in [0, 0.05) is 11.3 Å². The Labute approximate surface area is 147 Å². The Morgan fingerprint density at radius 2 is 1.80 bits per heavy atom. The standard InChI is InChI=1S/C21H22N2O2/c1-14-5-8-18(9-6-14)13-23-17(4)19(16(3)22-23)10-11-20(24)21-12-7-15(2)25-21/h5-12H,13H2,1-4H3/b11-10+. The van der Waals surface area contributed by atoms with Gasteiger partial charge in [-0.2, -0.15) is 5.10 Å². The molecular weight excluding hydrogens is 312 g/mol. The molecule has 0 fully saturated rings. The number of nitrogens with zero attached hydrogens (tertiary/aromatic N) is 2. The van der Waals surface area contributed by atoms with Crippen LogP contribution in [-0.4, -0.2) is 15.6 Å². The molecule has 3 rings (SSSR count). The van der Waals surface area contributed by atoms with Crippen LogP contribution >= 0.6 is 0 Å². The maximum Gasteiger partial charge on any atom is 0.221 e. The van der Waals surface area contributed by atoms with Gasteiger partial charge in [0.1, 0.15) is 5.76 Å². The molecule has 0 saturated carbocycles. The van der Waals surface area contributed by atoms with Crippen molar-refractivity contribution in [2.45, 2.75) is 34.2 Å². The zero-order chi connectivity index (χ0) is 18.0. The van der Waals surface area contributed by atoms with Crippen molar-refractivity contribution < 1.29 is 9.21 Å². The molecule has 0 bridgehead atoms. The van der Waals surface area contributed by atoms with Crippen LogP contribution in [0.5, 0.6) is 0 Å². The molecule has 0 aliphatic heterocycles. The van der Waals surface area contributed by atoms with Gasteiger partial charge in [-0.1, -0.05) is 29.8 Å². The van der Waals surface area contributed by atoms with Crippen molar-refractivity contribution in [1.29, 1.82) is 0 Å². The highest BCUT2D eigenvalue weighted by molar-refractivity contribution is 6.05. The Kier molecular flexibility index (Phi) is 4.70. The van der Waals surface area contributed by atoms with Crippen molar-refractivity contribution in [3.8, 4) is 0 Å². The fraction of sp³-hybridized carbons (Fsp3) is 0.238. The van der Waals surface area contributed by atoms with Gasteiger partial charge in [0.25, 0.3) is 0 Å². The molecule has 2 heterocycles. The predicted molar refractivity (Wildman–Crippen MR) is 98.8 cm³/mol. The van der Waals surface area contributed by atoms with Gasteiger partial charge in [-0.05, 0) is 57.5 Å². The van der Waals surface area contributed by atoms with Crippen LogP contribution in [-0.2, 0) is 6.54 Å². The molecule has 1 aromatic carbocycles. The summed E-state index contributed by atoms with van der Waals surface area (Å²) >= 11 is 0. The monoisotopic (exact) mass is 334 g/mol. The highest BCUT2D eigenvalue weighted by Crippen LogP contribution is 2.17. The zero-order valence-electron chi connectivity index (χ0n) is 15.0. The predicted octanol–water partition coefficient (Wildman–Crippen LogP) is 4.65. The number of ketones is 1. The molecule has 4 nitrogen and oxygen atoms in total. The molecule has 0 N–H and O–H groups in total. The lowest BCUT2D eigenvalue weighted by atomic mass is 10.1. The first-order valence-electron chi connectivity index (χ1n) is 8.32. The number of furan rings is 1. The molecule has 4 heteroatoms. The highest BCUT2D eigenvalue weighted by atomic mass is 16.3. The van der Waals surface area contributed by atoms with Gasteiger partial charge in [0.2, 0.25) is 5.78 Å². The third kappa shape index (κ3) is 3.79. The summed E-state index contributed by atoms with van der Waals surface area (Å²) in [5, 5.41) is 4.61. The van der Waals surface area contributed by atoms with Gasteiger partial charge in [-0.15, -0.1) is 0 Å². The van der Waals surface area contributed by atoms with Crippen LogP contribution in [0.1, 0.15) is 44.4 Å². The van der Waals surface area contributed by atoms with Crippen LogP contribution in [0, 0.1) is 27.7 Å². The summed E-state index contributed by atoms with van der Waals surface area (Å²) in [6.07, 6.45) is 3.37. The number of aromatic nitrogens is 2. The Morgan fingerprint density at radius 3 is 2.44 bits per heavy atom. The van der Waals surface area contributed by atoms with Gasteiger partial charge in [0.15, 0.2) is 5.76 Å². The van der Waals surface area contributed by atoms with Crippen LogP contribution in [0.15, 0.2) is 46.9 Å². The summed E-state index contributed by atoms with van der Waals surface area (Å²) < 4.78 is 7.34. The van der Waals surface area contributed by atoms with Crippen LogP contribution in [0.4, 0.5) is 0 Å². The number of hydrogen-bond donors (Lipinski definition) is 0. The molecule has 0 aliphatic carbocycles. The molecular formula is C21H22N2O2. The highest BCUT2D eigenvalue weighted by Gasteiger charge is 2.11. The van der Waals surface area contributed by atoms with Crippen molar-refractivity contribution in [3.05, 3.63) is 82.1 Å². The summed E-state index contributed by atoms with van der Waals surface area (Å²) in [4.78, 5) is 12.2. The zero-order valence-corrected chi connectivity index (χ0v) is 15.0.